The molecule has 0 bridgehead atoms. The van der Waals surface area contributed by atoms with E-state index < -0.39 is 6.16 Å². The predicted molar refractivity (Wildman–Crippen MR) is 37.2 cm³/mol. The molecular formula is C7H10O4. The fraction of sp³-hybridized carbons (Fsp3) is 0.429. The average Bonchev–Trinajstić information content (AvgIpc) is 2.39. The second-order valence-electron chi connectivity index (χ2n) is 1.77. The predicted octanol–water partition coefficient (Wildman–Crippen LogP) is 0.965. The third kappa shape index (κ3) is 1.72. The van der Waals surface area contributed by atoms with Crippen LogP contribution in [0.4, 0.5) is 0 Å². The van der Waals surface area contributed by atoms with Gasteiger partial charge in [0.15, 0.2) is 0 Å². The zero-order chi connectivity index (χ0) is 8.16. The van der Waals surface area contributed by atoms with Crippen LogP contribution < -0.4 is 0 Å². The van der Waals surface area contributed by atoms with E-state index in [0.29, 0.717) is 13.2 Å². The van der Waals surface area contributed by atoms with Crippen LogP contribution in [0.2, 0.25) is 0 Å². The van der Waals surface area contributed by atoms with E-state index >= 15 is 0 Å². The zero-order valence-electron chi connectivity index (χ0n) is 6.12. The summed E-state index contributed by atoms with van der Waals surface area (Å²) in [5.41, 5.74) is 0. The van der Waals surface area contributed by atoms with Gasteiger partial charge in [0.2, 0.25) is 0 Å². The van der Waals surface area contributed by atoms with Crippen LogP contribution in [0.25, 0.3) is 0 Å². The zero-order valence-corrected chi connectivity index (χ0v) is 6.12. The molecular weight excluding hydrogens is 148 g/mol. The smallest absolute Gasteiger partial charge is 0.415 e. The van der Waals surface area contributed by atoms with Crippen molar-refractivity contribution in [1.29, 1.82) is 0 Å². The molecule has 0 unspecified atom stereocenters. The lowest BCUT2D eigenvalue weighted by atomic mass is 10.8. The highest BCUT2D eigenvalue weighted by atomic mass is 17.0. The topological polar surface area (TPSA) is 36.9 Å². The van der Waals surface area contributed by atoms with Gasteiger partial charge in [0, 0.05) is 0 Å². The molecule has 0 N–H and O–H groups in total. The molecule has 62 valence electrons. The lowest BCUT2D eigenvalue weighted by molar-refractivity contribution is -0.429. The van der Waals surface area contributed by atoms with E-state index in [1.165, 1.54) is 12.5 Å². The highest BCUT2D eigenvalue weighted by molar-refractivity contribution is 4.61. The molecule has 4 nitrogen and oxygen atoms in total. The standard InChI is InChI=1S/C7H10O4/c1-3-8-7(9-4-2)10-5-6-11-7/h3-4H,1-2,5-6H2. The van der Waals surface area contributed by atoms with Crippen LogP contribution in [0.5, 0.6) is 0 Å². The van der Waals surface area contributed by atoms with Crippen molar-refractivity contribution >= 4 is 0 Å². The van der Waals surface area contributed by atoms with Crippen LogP contribution in [0.15, 0.2) is 25.7 Å². The molecule has 0 aliphatic carbocycles. The Balaban J connectivity index is 2.53. The van der Waals surface area contributed by atoms with Gasteiger partial charge in [-0.15, -0.1) is 0 Å². The van der Waals surface area contributed by atoms with Crippen molar-refractivity contribution in [2.75, 3.05) is 13.2 Å². The van der Waals surface area contributed by atoms with Gasteiger partial charge < -0.3 is 9.47 Å². The number of hydrogen-bond donors (Lipinski definition) is 0. The fourth-order valence-corrected chi connectivity index (χ4v) is 0.743. The highest BCUT2D eigenvalue weighted by Crippen LogP contribution is 2.22. The number of hydrogen-bond acceptors (Lipinski definition) is 4. The molecule has 11 heavy (non-hydrogen) atoms. The maximum Gasteiger partial charge on any atom is 0.508 e. The average molecular weight is 158 g/mol. The second-order valence-corrected chi connectivity index (χ2v) is 1.77. The van der Waals surface area contributed by atoms with Crippen molar-refractivity contribution < 1.29 is 18.9 Å². The monoisotopic (exact) mass is 158 g/mol. The summed E-state index contributed by atoms with van der Waals surface area (Å²) in [5.74, 6) is 0. The van der Waals surface area contributed by atoms with E-state index in [1.54, 1.807) is 0 Å². The van der Waals surface area contributed by atoms with Gasteiger partial charge in [0.25, 0.3) is 0 Å². The first-order chi connectivity index (χ1) is 5.33. The minimum Gasteiger partial charge on any atom is -0.415 e. The van der Waals surface area contributed by atoms with Gasteiger partial charge in [0.1, 0.15) is 0 Å². The van der Waals surface area contributed by atoms with Gasteiger partial charge in [-0.05, 0) is 0 Å². The molecule has 0 atom stereocenters. The molecule has 0 aromatic carbocycles. The summed E-state index contributed by atoms with van der Waals surface area (Å²) in [7, 11) is 0. The normalized spacial score (nSPS) is 20.7. The molecule has 1 heterocycles. The first-order valence-corrected chi connectivity index (χ1v) is 3.18. The molecule has 1 fully saturated rings. The van der Waals surface area contributed by atoms with E-state index in [-0.39, 0.29) is 0 Å². The van der Waals surface area contributed by atoms with E-state index in [4.69, 9.17) is 18.9 Å². The SMILES string of the molecule is C=COC1(OC=C)OCCO1. The molecule has 1 saturated heterocycles. The summed E-state index contributed by atoms with van der Waals surface area (Å²) in [6.07, 6.45) is 0.938. The Morgan fingerprint density at radius 3 is 1.91 bits per heavy atom. The lowest BCUT2D eigenvalue weighted by Gasteiger charge is -2.22. The molecule has 1 aliphatic rings. The largest absolute Gasteiger partial charge is 0.508 e. The number of rotatable bonds is 4. The Morgan fingerprint density at radius 2 is 1.55 bits per heavy atom. The first kappa shape index (κ1) is 8.10. The minimum absolute atomic E-state index is 0.432. The molecule has 1 aliphatic heterocycles. The van der Waals surface area contributed by atoms with Gasteiger partial charge in [-0.3, -0.25) is 9.47 Å². The maximum absolute atomic E-state index is 5.01. The molecule has 1 rings (SSSR count). The first-order valence-electron chi connectivity index (χ1n) is 3.18. The molecule has 0 aromatic heterocycles. The quantitative estimate of drug-likeness (QED) is 0.451. The number of ether oxygens (including phenoxy) is 4. The van der Waals surface area contributed by atoms with Crippen molar-refractivity contribution in [3.05, 3.63) is 25.7 Å². The van der Waals surface area contributed by atoms with Crippen molar-refractivity contribution in [3.63, 3.8) is 0 Å². The van der Waals surface area contributed by atoms with Crippen molar-refractivity contribution in [1.82, 2.24) is 0 Å². The molecule has 0 amide bonds. The summed E-state index contributed by atoms with van der Waals surface area (Å²) in [5, 5.41) is 0. The summed E-state index contributed by atoms with van der Waals surface area (Å²) in [4.78, 5) is 0. The van der Waals surface area contributed by atoms with Crippen LogP contribution in [0, 0.1) is 0 Å². The van der Waals surface area contributed by atoms with E-state index in [9.17, 15) is 0 Å². The Morgan fingerprint density at radius 1 is 1.09 bits per heavy atom. The van der Waals surface area contributed by atoms with Crippen LogP contribution in [-0.2, 0) is 18.9 Å². The minimum atomic E-state index is -1.44. The third-order valence-corrected chi connectivity index (χ3v) is 1.10. The fourth-order valence-electron chi connectivity index (χ4n) is 0.743. The maximum atomic E-state index is 5.01. The van der Waals surface area contributed by atoms with E-state index in [2.05, 4.69) is 13.2 Å². The van der Waals surface area contributed by atoms with Crippen molar-refractivity contribution in [3.8, 4) is 0 Å². The highest BCUT2D eigenvalue weighted by Gasteiger charge is 2.41. The molecule has 0 radical (unpaired) electrons. The Hall–Kier alpha value is -1.00. The summed E-state index contributed by atoms with van der Waals surface area (Å²) in [6, 6.07) is 0. The van der Waals surface area contributed by atoms with Gasteiger partial charge in [-0.2, -0.15) is 0 Å². The summed E-state index contributed by atoms with van der Waals surface area (Å²) < 4.78 is 19.7. The van der Waals surface area contributed by atoms with Crippen LogP contribution in [0.3, 0.4) is 0 Å². The van der Waals surface area contributed by atoms with Gasteiger partial charge in [-0.25, -0.2) is 0 Å². The molecule has 0 spiro atoms. The van der Waals surface area contributed by atoms with Gasteiger partial charge in [-0.1, -0.05) is 13.2 Å². The Kier molecular flexibility index (Phi) is 2.51. The Labute approximate surface area is 65.0 Å². The molecule has 4 heteroatoms. The van der Waals surface area contributed by atoms with Gasteiger partial charge in [0.05, 0.1) is 25.7 Å². The van der Waals surface area contributed by atoms with Gasteiger partial charge >= 0.3 is 6.16 Å². The van der Waals surface area contributed by atoms with Crippen LogP contribution in [0.1, 0.15) is 0 Å². The van der Waals surface area contributed by atoms with Crippen molar-refractivity contribution in [2.24, 2.45) is 0 Å². The Bertz CT molecular complexity index is 137. The second kappa shape index (κ2) is 3.41. The van der Waals surface area contributed by atoms with E-state index in [0.717, 1.165) is 0 Å². The van der Waals surface area contributed by atoms with Crippen molar-refractivity contribution in [2.45, 2.75) is 6.16 Å². The molecule has 0 aromatic rings. The third-order valence-electron chi connectivity index (χ3n) is 1.10. The molecule has 0 saturated carbocycles. The van der Waals surface area contributed by atoms with Crippen LogP contribution >= 0.6 is 0 Å². The lowest BCUT2D eigenvalue weighted by Crippen LogP contribution is -2.33. The van der Waals surface area contributed by atoms with Crippen LogP contribution in [-0.4, -0.2) is 19.4 Å². The van der Waals surface area contributed by atoms with E-state index in [1.807, 2.05) is 0 Å². The summed E-state index contributed by atoms with van der Waals surface area (Å²) >= 11 is 0. The summed E-state index contributed by atoms with van der Waals surface area (Å²) in [6.45, 7) is 7.57.